The van der Waals surface area contributed by atoms with Crippen LogP contribution in [0.5, 0.6) is 0 Å². The molecule has 1 aliphatic carbocycles. The van der Waals surface area contributed by atoms with Crippen molar-refractivity contribution < 1.29 is 4.42 Å². The van der Waals surface area contributed by atoms with Gasteiger partial charge in [0, 0.05) is 32.9 Å². The monoisotopic (exact) mass is 766 g/mol. The van der Waals surface area contributed by atoms with Gasteiger partial charge < -0.3 is 4.42 Å². The second-order valence-electron chi connectivity index (χ2n) is 16.5. The van der Waals surface area contributed by atoms with Crippen LogP contribution in [0.2, 0.25) is 0 Å². The van der Waals surface area contributed by atoms with Gasteiger partial charge in [-0.25, -0.2) is 9.97 Å². The summed E-state index contributed by atoms with van der Waals surface area (Å²) in [5.41, 5.74) is 16.6. The van der Waals surface area contributed by atoms with E-state index < -0.39 is 0 Å². The van der Waals surface area contributed by atoms with Crippen LogP contribution in [0, 0.1) is 0 Å². The van der Waals surface area contributed by atoms with E-state index in [0.29, 0.717) is 5.82 Å². The van der Waals surface area contributed by atoms with Gasteiger partial charge in [0.1, 0.15) is 11.2 Å². The smallest absolute Gasteiger partial charge is 0.160 e. The van der Waals surface area contributed by atoms with Gasteiger partial charge in [-0.15, -0.1) is 0 Å². The second-order valence-corrected chi connectivity index (χ2v) is 16.5. The van der Waals surface area contributed by atoms with Crippen LogP contribution in [0.3, 0.4) is 0 Å². The summed E-state index contributed by atoms with van der Waals surface area (Å²) in [6.07, 6.45) is 0. The first-order valence-corrected chi connectivity index (χ1v) is 20.6. The van der Waals surface area contributed by atoms with Crippen LogP contribution in [0.25, 0.3) is 111 Å². The molecule has 0 fully saturated rings. The maximum absolute atomic E-state index is 6.31. The van der Waals surface area contributed by atoms with E-state index in [1.807, 2.05) is 42.5 Å². The summed E-state index contributed by atoms with van der Waals surface area (Å²) >= 11 is 0. The molecule has 0 amide bonds. The van der Waals surface area contributed by atoms with E-state index >= 15 is 0 Å². The molecular weight excluding hydrogens is 729 g/mol. The average Bonchev–Trinajstić information content (AvgIpc) is 3.79. The molecule has 9 aromatic carbocycles. The van der Waals surface area contributed by atoms with Crippen LogP contribution >= 0.6 is 0 Å². The molecule has 0 N–H and O–H groups in total. The quantitative estimate of drug-likeness (QED) is 0.175. The lowest BCUT2D eigenvalue weighted by Gasteiger charge is -2.22. The minimum Gasteiger partial charge on any atom is -0.456 e. The van der Waals surface area contributed by atoms with E-state index in [9.17, 15) is 0 Å². The Morgan fingerprint density at radius 3 is 1.78 bits per heavy atom. The zero-order valence-corrected chi connectivity index (χ0v) is 33.3. The number of rotatable bonds is 5. The average molecular weight is 767 g/mol. The summed E-state index contributed by atoms with van der Waals surface area (Å²) < 4.78 is 6.31. The van der Waals surface area contributed by atoms with E-state index in [1.165, 1.54) is 60.7 Å². The van der Waals surface area contributed by atoms with Crippen molar-refractivity contribution in [3.05, 3.63) is 205 Å². The van der Waals surface area contributed by atoms with Gasteiger partial charge >= 0.3 is 0 Å². The van der Waals surface area contributed by atoms with Crippen molar-refractivity contribution in [1.82, 2.24) is 9.97 Å². The van der Waals surface area contributed by atoms with E-state index in [0.717, 1.165) is 55.4 Å². The summed E-state index contributed by atoms with van der Waals surface area (Å²) in [5, 5.41) is 7.02. The van der Waals surface area contributed by atoms with E-state index in [4.69, 9.17) is 14.4 Å². The number of nitrogens with zero attached hydrogens (tertiary/aromatic N) is 2. The molecule has 0 aliphatic heterocycles. The zero-order chi connectivity index (χ0) is 40.0. The third-order valence-electron chi connectivity index (χ3n) is 12.7. The molecule has 0 saturated heterocycles. The fraction of sp³-hybridized carbons (Fsp3) is 0.0526. The number of furan rings is 1. The Morgan fingerprint density at radius 1 is 0.367 bits per heavy atom. The molecule has 282 valence electrons. The highest BCUT2D eigenvalue weighted by Crippen LogP contribution is 2.51. The fourth-order valence-corrected chi connectivity index (χ4v) is 9.67. The molecule has 0 spiro atoms. The van der Waals surface area contributed by atoms with Crippen molar-refractivity contribution >= 4 is 43.5 Å². The summed E-state index contributed by atoms with van der Waals surface area (Å²) in [4.78, 5) is 10.5. The Labute approximate surface area is 348 Å². The number of fused-ring (bicyclic) bond motifs is 8. The van der Waals surface area contributed by atoms with Gasteiger partial charge in [0.2, 0.25) is 0 Å². The highest BCUT2D eigenvalue weighted by molar-refractivity contribution is 6.12. The third kappa shape index (κ3) is 5.36. The molecule has 0 bridgehead atoms. The molecule has 0 radical (unpaired) electrons. The van der Waals surface area contributed by atoms with Gasteiger partial charge in [-0.05, 0) is 109 Å². The van der Waals surface area contributed by atoms with Gasteiger partial charge in [-0.1, -0.05) is 166 Å². The summed E-state index contributed by atoms with van der Waals surface area (Å²) in [6, 6.07) is 69.6. The Kier molecular flexibility index (Phi) is 7.58. The standard InChI is InChI=1S/C57H38N2O/c1-57(2)49-33-39(26-27-44(49)48-31-37-16-6-7-17-38(37)32-50(48)57)36-18-12-19-40(30-36)41-28-29-45(43-21-9-8-20-42(41)43)51-34-52(59-56(58-51)35-14-4-3-5-15-35)46-23-13-25-54-55(46)47-22-10-11-24-53(47)60-54/h3-34H,1-2H3. The summed E-state index contributed by atoms with van der Waals surface area (Å²) in [6.45, 7) is 4.73. The van der Waals surface area contributed by atoms with E-state index in [2.05, 4.69) is 166 Å². The number of para-hydroxylation sites is 1. The first kappa shape index (κ1) is 34.4. The minimum absolute atomic E-state index is 0.103. The maximum atomic E-state index is 6.31. The SMILES string of the molecule is CC1(C)c2cc(-c3cccc(-c4ccc(-c5cc(-c6cccc7oc8ccccc8c67)nc(-c6ccccc6)n5)c5ccccc45)c3)ccc2-c2cc3ccccc3cc21. The topological polar surface area (TPSA) is 38.9 Å². The van der Waals surface area contributed by atoms with Crippen LogP contribution in [-0.4, -0.2) is 9.97 Å². The van der Waals surface area contributed by atoms with Crippen molar-refractivity contribution in [3.8, 4) is 67.3 Å². The second kappa shape index (κ2) is 13.2. The fourth-order valence-electron chi connectivity index (χ4n) is 9.67. The summed E-state index contributed by atoms with van der Waals surface area (Å²) in [7, 11) is 0. The molecule has 0 unspecified atom stereocenters. The van der Waals surface area contributed by atoms with Crippen molar-refractivity contribution in [2.45, 2.75) is 19.3 Å². The lowest BCUT2D eigenvalue weighted by Crippen LogP contribution is -2.15. The maximum Gasteiger partial charge on any atom is 0.160 e. The molecule has 2 aromatic heterocycles. The summed E-state index contributed by atoms with van der Waals surface area (Å²) in [5.74, 6) is 0.683. The Hall–Kier alpha value is -7.62. The van der Waals surface area contributed by atoms with Gasteiger partial charge in [-0.3, -0.25) is 0 Å². The molecular formula is C57H38N2O. The van der Waals surface area contributed by atoms with Crippen LogP contribution < -0.4 is 0 Å². The molecule has 2 heterocycles. The molecule has 3 nitrogen and oxygen atoms in total. The lowest BCUT2D eigenvalue weighted by molar-refractivity contribution is 0.661. The number of hydrogen-bond donors (Lipinski definition) is 0. The van der Waals surface area contributed by atoms with E-state index in [-0.39, 0.29) is 5.41 Å². The lowest BCUT2D eigenvalue weighted by atomic mass is 9.81. The predicted octanol–water partition coefficient (Wildman–Crippen LogP) is 15.3. The first-order chi connectivity index (χ1) is 29.5. The van der Waals surface area contributed by atoms with E-state index in [1.54, 1.807) is 0 Å². The van der Waals surface area contributed by atoms with Crippen molar-refractivity contribution in [2.24, 2.45) is 0 Å². The largest absolute Gasteiger partial charge is 0.456 e. The van der Waals surface area contributed by atoms with Crippen molar-refractivity contribution in [3.63, 3.8) is 0 Å². The van der Waals surface area contributed by atoms with Gasteiger partial charge in [0.15, 0.2) is 5.82 Å². The molecule has 0 saturated carbocycles. The molecule has 1 aliphatic rings. The van der Waals surface area contributed by atoms with Crippen LogP contribution in [0.1, 0.15) is 25.0 Å². The van der Waals surface area contributed by atoms with Crippen LogP contribution in [-0.2, 0) is 5.41 Å². The zero-order valence-electron chi connectivity index (χ0n) is 33.3. The molecule has 12 rings (SSSR count). The van der Waals surface area contributed by atoms with Gasteiger partial charge in [0.25, 0.3) is 0 Å². The van der Waals surface area contributed by atoms with Crippen LogP contribution in [0.4, 0.5) is 0 Å². The first-order valence-electron chi connectivity index (χ1n) is 20.6. The third-order valence-corrected chi connectivity index (χ3v) is 12.7. The number of benzene rings is 9. The van der Waals surface area contributed by atoms with Gasteiger partial charge in [0.05, 0.1) is 11.4 Å². The van der Waals surface area contributed by atoms with Gasteiger partial charge in [-0.2, -0.15) is 0 Å². The highest BCUT2D eigenvalue weighted by Gasteiger charge is 2.36. The number of aromatic nitrogens is 2. The molecule has 11 aromatic rings. The molecule has 0 atom stereocenters. The van der Waals surface area contributed by atoms with Crippen LogP contribution in [0.15, 0.2) is 199 Å². The Morgan fingerprint density at radius 2 is 0.950 bits per heavy atom. The van der Waals surface area contributed by atoms with Crippen molar-refractivity contribution in [2.75, 3.05) is 0 Å². The highest BCUT2D eigenvalue weighted by atomic mass is 16.3. The number of hydrogen-bond acceptors (Lipinski definition) is 3. The Bertz CT molecular complexity index is 3520. The van der Waals surface area contributed by atoms with Crippen molar-refractivity contribution in [1.29, 1.82) is 0 Å². The predicted molar refractivity (Wildman–Crippen MR) is 249 cm³/mol. The Balaban J connectivity index is 0.978. The molecule has 60 heavy (non-hydrogen) atoms. The minimum atomic E-state index is -0.103. The molecule has 3 heteroatoms. The normalized spacial score (nSPS) is 13.0.